The maximum Gasteiger partial charge on any atom is 0.328 e. The van der Waals surface area contributed by atoms with Crippen molar-refractivity contribution in [3.8, 4) is 0 Å². The minimum absolute atomic E-state index is 0.137. The summed E-state index contributed by atoms with van der Waals surface area (Å²) in [4.78, 5) is 38.5. The quantitative estimate of drug-likeness (QED) is 0.624. The van der Waals surface area contributed by atoms with E-state index in [2.05, 4.69) is 10.3 Å². The van der Waals surface area contributed by atoms with Crippen LogP contribution >= 0.6 is 0 Å². The Bertz CT molecular complexity index is 1070. The molecule has 28 heavy (non-hydrogen) atoms. The van der Waals surface area contributed by atoms with Crippen LogP contribution < -0.4 is 16.6 Å². The minimum Gasteiger partial charge on any atom is -0.377 e. The van der Waals surface area contributed by atoms with Crippen molar-refractivity contribution in [2.45, 2.75) is 33.0 Å². The molecule has 0 saturated carbocycles. The number of hydrogen-bond donors (Lipinski definition) is 2. The summed E-state index contributed by atoms with van der Waals surface area (Å²) in [7, 11) is 0. The van der Waals surface area contributed by atoms with E-state index in [1.54, 1.807) is 24.3 Å². The molecular weight excluding hydrogens is 358 g/mol. The van der Waals surface area contributed by atoms with Crippen LogP contribution in [0.15, 0.2) is 58.1 Å². The van der Waals surface area contributed by atoms with Crippen LogP contribution in [0.4, 0.5) is 0 Å². The zero-order valence-electron chi connectivity index (χ0n) is 15.7. The van der Waals surface area contributed by atoms with Gasteiger partial charge in [0.1, 0.15) is 0 Å². The van der Waals surface area contributed by atoms with Gasteiger partial charge in [0.05, 0.1) is 17.5 Å². The molecule has 0 fully saturated rings. The van der Waals surface area contributed by atoms with Gasteiger partial charge in [0, 0.05) is 26.1 Å². The third kappa shape index (κ3) is 4.75. The second-order valence-corrected chi connectivity index (χ2v) is 6.41. The van der Waals surface area contributed by atoms with Crippen LogP contribution in [0.3, 0.4) is 0 Å². The van der Waals surface area contributed by atoms with Gasteiger partial charge in [0.25, 0.3) is 5.56 Å². The molecule has 0 aliphatic rings. The van der Waals surface area contributed by atoms with Crippen molar-refractivity contribution in [1.29, 1.82) is 0 Å². The molecule has 0 bridgehead atoms. The molecule has 7 heteroatoms. The van der Waals surface area contributed by atoms with Crippen LogP contribution in [0.2, 0.25) is 0 Å². The van der Waals surface area contributed by atoms with Crippen molar-refractivity contribution in [2.24, 2.45) is 0 Å². The summed E-state index contributed by atoms with van der Waals surface area (Å²) in [5, 5.41) is 3.28. The molecule has 0 aliphatic carbocycles. The fraction of sp³-hybridized carbons (Fsp3) is 0.286. The van der Waals surface area contributed by atoms with Gasteiger partial charge in [-0.15, -0.1) is 0 Å². The number of para-hydroxylation sites is 1. The van der Waals surface area contributed by atoms with Crippen LogP contribution in [0, 0.1) is 0 Å². The average Bonchev–Trinajstić information content (AvgIpc) is 2.71. The second-order valence-electron chi connectivity index (χ2n) is 6.41. The number of H-pyrrole nitrogens is 1. The molecule has 7 nitrogen and oxygen atoms in total. The summed E-state index contributed by atoms with van der Waals surface area (Å²) < 4.78 is 6.77. The molecule has 146 valence electrons. The first-order valence-corrected chi connectivity index (χ1v) is 9.22. The fourth-order valence-corrected chi connectivity index (χ4v) is 2.94. The molecule has 0 spiro atoms. The number of hydrogen-bond acceptors (Lipinski definition) is 4. The lowest BCUT2D eigenvalue weighted by Crippen LogP contribution is -2.32. The summed E-state index contributed by atoms with van der Waals surface area (Å²) >= 11 is 0. The molecule has 1 aromatic heterocycles. The van der Waals surface area contributed by atoms with E-state index in [-0.39, 0.29) is 18.9 Å². The lowest BCUT2D eigenvalue weighted by Gasteiger charge is -2.10. The Morgan fingerprint density at radius 2 is 1.79 bits per heavy atom. The highest BCUT2D eigenvalue weighted by Crippen LogP contribution is 2.08. The van der Waals surface area contributed by atoms with Gasteiger partial charge >= 0.3 is 5.69 Å². The van der Waals surface area contributed by atoms with Crippen molar-refractivity contribution in [1.82, 2.24) is 14.9 Å². The first kappa shape index (κ1) is 19.6. The maximum atomic E-state index is 12.2. The number of nitrogens with one attached hydrogen (secondary N) is 2. The van der Waals surface area contributed by atoms with Gasteiger partial charge in [-0.25, -0.2) is 4.79 Å². The molecule has 0 saturated heterocycles. The lowest BCUT2D eigenvalue weighted by atomic mass is 10.1. The van der Waals surface area contributed by atoms with Crippen LogP contribution in [-0.2, 0) is 29.2 Å². The number of nitrogens with zero attached hydrogens (tertiary/aromatic N) is 1. The van der Waals surface area contributed by atoms with E-state index in [0.717, 1.165) is 11.1 Å². The predicted molar refractivity (Wildman–Crippen MR) is 107 cm³/mol. The summed E-state index contributed by atoms with van der Waals surface area (Å²) in [5.74, 6) is -0.166. The number of rotatable bonds is 8. The van der Waals surface area contributed by atoms with E-state index < -0.39 is 11.2 Å². The van der Waals surface area contributed by atoms with Crippen LogP contribution in [0.1, 0.15) is 24.5 Å². The molecule has 0 aliphatic heterocycles. The Balaban J connectivity index is 1.59. The Hall–Kier alpha value is -3.19. The smallest absolute Gasteiger partial charge is 0.328 e. The molecule has 2 N–H and O–H groups in total. The molecule has 3 rings (SSSR count). The van der Waals surface area contributed by atoms with E-state index in [9.17, 15) is 14.4 Å². The maximum absolute atomic E-state index is 12.2. The Morgan fingerprint density at radius 3 is 2.54 bits per heavy atom. The molecule has 1 amide bonds. The van der Waals surface area contributed by atoms with Crippen molar-refractivity contribution >= 4 is 16.8 Å². The normalized spacial score (nSPS) is 10.9. The third-order valence-electron chi connectivity index (χ3n) is 4.45. The first-order valence-electron chi connectivity index (χ1n) is 9.22. The molecule has 1 heterocycles. The molecule has 2 aromatic carbocycles. The summed E-state index contributed by atoms with van der Waals surface area (Å²) in [6.45, 7) is 3.80. The summed E-state index contributed by atoms with van der Waals surface area (Å²) in [6.07, 6.45) is 0.137. The molecule has 3 aromatic rings. The van der Waals surface area contributed by atoms with Crippen LogP contribution in [-0.4, -0.2) is 22.1 Å². The van der Waals surface area contributed by atoms with E-state index in [4.69, 9.17) is 4.74 Å². The molecular formula is C21H23N3O4. The van der Waals surface area contributed by atoms with Crippen molar-refractivity contribution in [2.75, 3.05) is 6.61 Å². The number of fused-ring (bicyclic) bond motifs is 1. The van der Waals surface area contributed by atoms with E-state index in [0.29, 0.717) is 30.7 Å². The largest absolute Gasteiger partial charge is 0.377 e. The second kappa shape index (κ2) is 9.14. The van der Waals surface area contributed by atoms with E-state index >= 15 is 0 Å². The fourth-order valence-electron chi connectivity index (χ4n) is 2.94. The predicted octanol–water partition coefficient (Wildman–Crippen LogP) is 1.93. The number of benzene rings is 2. The average molecular weight is 381 g/mol. The lowest BCUT2D eigenvalue weighted by molar-refractivity contribution is -0.121. The number of ether oxygens (including phenoxy) is 1. The SMILES string of the molecule is CCOCc1ccc(CNC(=O)CCn2c(=O)[nH]c(=O)c3ccccc32)cc1. The standard InChI is InChI=1S/C21H23N3O4/c1-2-28-14-16-9-7-15(8-10-16)13-22-19(25)11-12-24-18-6-4-3-5-17(18)20(26)23-21(24)27/h3-10H,2,11-14H2,1H3,(H,22,25)(H,23,26,27). The van der Waals surface area contributed by atoms with Crippen LogP contribution in [0.25, 0.3) is 10.9 Å². The van der Waals surface area contributed by atoms with Crippen molar-refractivity contribution in [3.63, 3.8) is 0 Å². The van der Waals surface area contributed by atoms with Gasteiger partial charge in [-0.05, 0) is 30.2 Å². The summed E-state index contributed by atoms with van der Waals surface area (Å²) in [5.41, 5.74) is 1.66. The Morgan fingerprint density at radius 1 is 1.07 bits per heavy atom. The number of carbonyl (C=O) groups is 1. The highest BCUT2D eigenvalue weighted by atomic mass is 16.5. The number of carbonyl (C=O) groups excluding carboxylic acids is 1. The number of aromatic amines is 1. The topological polar surface area (TPSA) is 93.2 Å². The van der Waals surface area contributed by atoms with Gasteiger partial charge < -0.3 is 10.1 Å². The first-order chi connectivity index (χ1) is 13.6. The van der Waals surface area contributed by atoms with Crippen molar-refractivity contribution < 1.29 is 9.53 Å². The third-order valence-corrected chi connectivity index (χ3v) is 4.45. The molecule has 0 radical (unpaired) electrons. The van der Waals surface area contributed by atoms with E-state index in [1.807, 2.05) is 31.2 Å². The van der Waals surface area contributed by atoms with Gasteiger partial charge in [-0.2, -0.15) is 0 Å². The van der Waals surface area contributed by atoms with E-state index in [1.165, 1.54) is 4.57 Å². The van der Waals surface area contributed by atoms with Crippen molar-refractivity contribution in [3.05, 3.63) is 80.5 Å². The Kier molecular flexibility index (Phi) is 6.39. The number of aromatic nitrogens is 2. The molecule has 0 atom stereocenters. The zero-order chi connectivity index (χ0) is 19.9. The summed E-state index contributed by atoms with van der Waals surface area (Å²) in [6, 6.07) is 14.7. The molecule has 0 unspecified atom stereocenters. The van der Waals surface area contributed by atoms with Crippen LogP contribution in [0.5, 0.6) is 0 Å². The number of aryl methyl sites for hydroxylation is 1. The Labute approximate surface area is 162 Å². The highest BCUT2D eigenvalue weighted by molar-refractivity contribution is 5.78. The van der Waals surface area contributed by atoms with Gasteiger partial charge in [-0.3, -0.25) is 19.1 Å². The van der Waals surface area contributed by atoms with Gasteiger partial charge in [0.2, 0.25) is 5.91 Å². The number of amides is 1. The van der Waals surface area contributed by atoms with Gasteiger partial charge in [0.15, 0.2) is 0 Å². The zero-order valence-corrected chi connectivity index (χ0v) is 15.7. The monoisotopic (exact) mass is 381 g/mol. The minimum atomic E-state index is -0.513. The highest BCUT2D eigenvalue weighted by Gasteiger charge is 2.09. The van der Waals surface area contributed by atoms with Gasteiger partial charge in [-0.1, -0.05) is 36.4 Å².